The maximum atomic E-state index is 5.66. The average molecular weight is 417 g/mol. The first-order valence-electron chi connectivity index (χ1n) is 9.71. The molecule has 0 saturated heterocycles. The van der Waals surface area contributed by atoms with Gasteiger partial charge >= 0.3 is 0 Å². The van der Waals surface area contributed by atoms with E-state index in [9.17, 15) is 0 Å². The first kappa shape index (κ1) is 18.6. The second-order valence-corrected chi connectivity index (χ2v) is 7.70. The highest BCUT2D eigenvalue weighted by molar-refractivity contribution is 7.80. The zero-order chi connectivity index (χ0) is 20.7. The molecule has 0 atom stereocenters. The summed E-state index contributed by atoms with van der Waals surface area (Å²) in [6, 6.07) is 15.7. The van der Waals surface area contributed by atoms with E-state index in [0.717, 1.165) is 33.4 Å². The lowest BCUT2D eigenvalue weighted by molar-refractivity contribution is 0.172. The normalized spacial score (nSPS) is 12.7. The van der Waals surface area contributed by atoms with Gasteiger partial charge in [0.1, 0.15) is 13.2 Å². The molecule has 4 aromatic rings. The topological polar surface area (TPSA) is 68.3 Å². The lowest BCUT2D eigenvalue weighted by Gasteiger charge is -2.18. The molecule has 150 valence electrons. The predicted octanol–water partition coefficient (Wildman–Crippen LogP) is 4.98. The predicted molar refractivity (Wildman–Crippen MR) is 124 cm³/mol. The Balaban J connectivity index is 1.41. The molecule has 6 nitrogen and oxygen atoms in total. The maximum absolute atomic E-state index is 5.66. The van der Waals surface area contributed by atoms with Crippen LogP contribution in [0.1, 0.15) is 11.1 Å². The van der Waals surface area contributed by atoms with Crippen LogP contribution in [0.5, 0.6) is 11.5 Å². The summed E-state index contributed by atoms with van der Waals surface area (Å²) in [7, 11) is 0. The Morgan fingerprint density at radius 3 is 1.97 bits per heavy atom. The summed E-state index contributed by atoms with van der Waals surface area (Å²) in [4.78, 5) is 9.47. The quantitative estimate of drug-likeness (QED) is 0.353. The number of nitrogens with one attached hydrogen (secondary N) is 2. The van der Waals surface area contributed by atoms with Gasteiger partial charge < -0.3 is 20.1 Å². The van der Waals surface area contributed by atoms with Crippen molar-refractivity contribution in [3.8, 4) is 11.5 Å². The van der Waals surface area contributed by atoms with E-state index >= 15 is 0 Å². The standard InChI is InChI=1S/C23H20N4O2S/c1-13-3-4-15(9-14(13)2)24-23(30)25-16-5-6-17-18(10-16)27-20-12-22-21(11-19(20)26-17)28-7-8-29-22/h3-6,9-12H,7-8H2,1-2H3,(H2,24,25,30). The van der Waals surface area contributed by atoms with Crippen molar-refractivity contribution in [2.45, 2.75) is 13.8 Å². The highest BCUT2D eigenvalue weighted by Crippen LogP contribution is 2.34. The molecule has 3 aromatic carbocycles. The Bertz CT molecular complexity index is 1310. The molecule has 0 radical (unpaired) electrons. The van der Waals surface area contributed by atoms with Crippen molar-refractivity contribution >= 4 is 50.8 Å². The number of hydrogen-bond donors (Lipinski definition) is 2. The van der Waals surface area contributed by atoms with E-state index in [1.165, 1.54) is 11.1 Å². The summed E-state index contributed by atoms with van der Waals surface area (Å²) >= 11 is 5.47. The minimum Gasteiger partial charge on any atom is -0.486 e. The number of hydrogen-bond acceptors (Lipinski definition) is 5. The van der Waals surface area contributed by atoms with Crippen LogP contribution in [0.2, 0.25) is 0 Å². The molecule has 1 aliphatic heterocycles. The zero-order valence-electron chi connectivity index (χ0n) is 16.7. The van der Waals surface area contributed by atoms with E-state index in [1.54, 1.807) is 0 Å². The van der Waals surface area contributed by atoms with Crippen molar-refractivity contribution in [2.75, 3.05) is 23.8 Å². The summed E-state index contributed by atoms with van der Waals surface area (Å²) in [5, 5.41) is 6.97. The molecule has 0 aliphatic carbocycles. The van der Waals surface area contributed by atoms with E-state index in [0.29, 0.717) is 29.8 Å². The van der Waals surface area contributed by atoms with Crippen LogP contribution in [0, 0.1) is 13.8 Å². The Hall–Kier alpha value is -3.45. The Kier molecular flexibility index (Phi) is 4.59. The number of rotatable bonds is 2. The van der Waals surface area contributed by atoms with Crippen LogP contribution in [-0.4, -0.2) is 28.3 Å². The Labute approximate surface area is 179 Å². The number of aryl methyl sites for hydroxylation is 2. The fourth-order valence-electron chi connectivity index (χ4n) is 3.40. The van der Waals surface area contributed by atoms with Gasteiger partial charge in [-0.1, -0.05) is 6.07 Å². The molecule has 0 amide bonds. The molecule has 0 spiro atoms. The fourth-order valence-corrected chi connectivity index (χ4v) is 3.64. The van der Waals surface area contributed by atoms with Crippen LogP contribution >= 0.6 is 12.2 Å². The Morgan fingerprint density at radius 2 is 1.30 bits per heavy atom. The molecule has 7 heteroatoms. The molecule has 2 N–H and O–H groups in total. The minimum absolute atomic E-state index is 0.519. The first-order chi connectivity index (χ1) is 14.5. The zero-order valence-corrected chi connectivity index (χ0v) is 17.5. The molecule has 1 aliphatic rings. The number of benzene rings is 3. The van der Waals surface area contributed by atoms with E-state index in [-0.39, 0.29) is 0 Å². The van der Waals surface area contributed by atoms with Crippen molar-refractivity contribution in [1.29, 1.82) is 0 Å². The van der Waals surface area contributed by atoms with Gasteiger partial charge in [-0.15, -0.1) is 0 Å². The lowest BCUT2D eigenvalue weighted by atomic mass is 10.1. The summed E-state index contributed by atoms with van der Waals surface area (Å²) in [5.41, 5.74) is 7.38. The van der Waals surface area contributed by atoms with Gasteiger partial charge in [0.15, 0.2) is 16.6 Å². The number of thiocarbonyl (C=S) groups is 1. The van der Waals surface area contributed by atoms with Gasteiger partial charge in [-0.3, -0.25) is 0 Å². The summed E-state index contributed by atoms with van der Waals surface area (Å²) in [6.07, 6.45) is 0. The number of nitrogens with zero attached hydrogens (tertiary/aromatic N) is 2. The smallest absolute Gasteiger partial charge is 0.175 e. The highest BCUT2D eigenvalue weighted by atomic mass is 32.1. The molecule has 0 saturated carbocycles. The largest absolute Gasteiger partial charge is 0.486 e. The van der Waals surface area contributed by atoms with Crippen molar-refractivity contribution in [1.82, 2.24) is 9.97 Å². The third kappa shape index (κ3) is 3.59. The fraction of sp³-hybridized carbons (Fsp3) is 0.174. The molecular formula is C23H20N4O2S. The monoisotopic (exact) mass is 416 g/mol. The summed E-state index contributed by atoms with van der Waals surface area (Å²) in [6.45, 7) is 5.26. The molecule has 2 heterocycles. The molecule has 5 rings (SSSR count). The van der Waals surface area contributed by atoms with Crippen molar-refractivity contribution < 1.29 is 9.47 Å². The van der Waals surface area contributed by atoms with Crippen LogP contribution in [0.4, 0.5) is 11.4 Å². The van der Waals surface area contributed by atoms with Crippen LogP contribution in [0.15, 0.2) is 48.5 Å². The van der Waals surface area contributed by atoms with Crippen LogP contribution in [0.25, 0.3) is 22.1 Å². The summed E-state index contributed by atoms with van der Waals surface area (Å²) in [5.74, 6) is 1.42. The Morgan fingerprint density at radius 1 is 0.733 bits per heavy atom. The van der Waals surface area contributed by atoms with E-state index in [2.05, 4.69) is 36.6 Å². The van der Waals surface area contributed by atoms with E-state index in [1.807, 2.05) is 36.4 Å². The third-order valence-corrected chi connectivity index (χ3v) is 5.32. The average Bonchev–Trinajstić information content (AvgIpc) is 2.73. The SMILES string of the molecule is Cc1ccc(NC(=S)Nc2ccc3nc4cc5c(cc4nc3c2)OCCO5)cc1C. The van der Waals surface area contributed by atoms with Crippen LogP contribution < -0.4 is 20.1 Å². The van der Waals surface area contributed by atoms with Gasteiger partial charge in [-0.2, -0.15) is 0 Å². The van der Waals surface area contributed by atoms with Gasteiger partial charge in [-0.25, -0.2) is 9.97 Å². The first-order valence-corrected chi connectivity index (χ1v) is 10.1. The maximum Gasteiger partial charge on any atom is 0.175 e. The molecule has 0 bridgehead atoms. The highest BCUT2D eigenvalue weighted by Gasteiger charge is 2.14. The number of aromatic nitrogens is 2. The van der Waals surface area contributed by atoms with Crippen molar-refractivity contribution in [3.05, 3.63) is 59.7 Å². The van der Waals surface area contributed by atoms with E-state index in [4.69, 9.17) is 31.7 Å². The molecular weight excluding hydrogens is 396 g/mol. The molecule has 1 aromatic heterocycles. The van der Waals surface area contributed by atoms with Crippen LogP contribution in [0.3, 0.4) is 0 Å². The van der Waals surface area contributed by atoms with Crippen molar-refractivity contribution in [3.63, 3.8) is 0 Å². The van der Waals surface area contributed by atoms with Crippen molar-refractivity contribution in [2.24, 2.45) is 0 Å². The molecule has 0 fully saturated rings. The molecule has 0 unspecified atom stereocenters. The van der Waals surface area contributed by atoms with Gasteiger partial charge in [-0.05, 0) is 67.5 Å². The second-order valence-electron chi connectivity index (χ2n) is 7.29. The van der Waals surface area contributed by atoms with Gasteiger partial charge in [0.05, 0.1) is 22.1 Å². The second kappa shape index (κ2) is 7.42. The van der Waals surface area contributed by atoms with Gasteiger partial charge in [0.25, 0.3) is 0 Å². The van der Waals surface area contributed by atoms with Gasteiger partial charge in [0.2, 0.25) is 0 Å². The number of fused-ring (bicyclic) bond motifs is 3. The van der Waals surface area contributed by atoms with Gasteiger partial charge in [0, 0.05) is 23.5 Å². The summed E-state index contributed by atoms with van der Waals surface area (Å²) < 4.78 is 11.3. The lowest BCUT2D eigenvalue weighted by Crippen LogP contribution is -2.19. The number of ether oxygens (including phenoxy) is 2. The molecule has 30 heavy (non-hydrogen) atoms. The minimum atomic E-state index is 0.519. The van der Waals surface area contributed by atoms with Crippen LogP contribution in [-0.2, 0) is 0 Å². The number of anilines is 2. The third-order valence-electron chi connectivity index (χ3n) is 5.12. The van der Waals surface area contributed by atoms with E-state index < -0.39 is 0 Å².